The number of rotatable bonds is 3. The van der Waals surface area contributed by atoms with Gasteiger partial charge in [0.05, 0.1) is 11.3 Å². The second-order valence-electron chi connectivity index (χ2n) is 3.62. The van der Waals surface area contributed by atoms with E-state index >= 15 is 0 Å². The molecule has 4 nitrogen and oxygen atoms in total. The Morgan fingerprint density at radius 1 is 1.22 bits per heavy atom. The number of hydrogen-bond donors (Lipinski definition) is 0. The number of nitro groups is 1. The number of hydrogen-bond acceptors (Lipinski definition) is 3. The molecule has 2 rings (SSSR count). The van der Waals surface area contributed by atoms with Gasteiger partial charge in [-0.1, -0.05) is 29.8 Å². The van der Waals surface area contributed by atoms with E-state index in [1.807, 2.05) is 0 Å². The molecule has 0 saturated heterocycles. The SMILES string of the molecule is O=[N+]([O-])C1=C(Oc2ccc(Cl)cc2)C=CC=CC1. The van der Waals surface area contributed by atoms with Crippen LogP contribution < -0.4 is 4.74 Å². The largest absolute Gasteiger partial charge is 0.451 e. The normalized spacial score (nSPS) is 14.5. The number of halogens is 1. The first-order valence-electron chi connectivity index (χ1n) is 5.31. The molecule has 0 radical (unpaired) electrons. The van der Waals surface area contributed by atoms with Crippen LogP contribution in [0, 0.1) is 10.1 Å². The molecule has 18 heavy (non-hydrogen) atoms. The number of benzene rings is 1. The van der Waals surface area contributed by atoms with Crippen LogP contribution >= 0.6 is 11.6 Å². The molecule has 0 aromatic heterocycles. The van der Waals surface area contributed by atoms with Gasteiger partial charge in [0, 0.05) is 5.02 Å². The summed E-state index contributed by atoms with van der Waals surface area (Å²) in [4.78, 5) is 10.5. The van der Waals surface area contributed by atoms with E-state index in [9.17, 15) is 10.1 Å². The number of allylic oxidation sites excluding steroid dienone is 4. The summed E-state index contributed by atoms with van der Waals surface area (Å²) in [6, 6.07) is 6.67. The molecule has 0 N–H and O–H groups in total. The summed E-state index contributed by atoms with van der Waals surface area (Å²) < 4.78 is 5.52. The minimum absolute atomic E-state index is 0.0370. The van der Waals surface area contributed by atoms with Crippen molar-refractivity contribution in [3.05, 3.63) is 75.2 Å². The molecule has 1 aliphatic rings. The van der Waals surface area contributed by atoms with Gasteiger partial charge in [0.25, 0.3) is 5.70 Å². The van der Waals surface area contributed by atoms with Crippen LogP contribution in [-0.2, 0) is 0 Å². The summed E-state index contributed by atoms with van der Waals surface area (Å²) in [5.74, 6) is 0.757. The third kappa shape index (κ3) is 2.99. The minimum Gasteiger partial charge on any atom is -0.451 e. The van der Waals surface area contributed by atoms with Crippen molar-refractivity contribution in [1.82, 2.24) is 0 Å². The standard InChI is InChI=1S/C13H10ClNO3/c14-10-6-8-11(9-7-10)18-13-5-3-1-2-4-12(13)15(16)17/h1-3,5-9H,4H2. The van der Waals surface area contributed by atoms with E-state index < -0.39 is 4.92 Å². The van der Waals surface area contributed by atoms with Crippen molar-refractivity contribution >= 4 is 11.6 Å². The maximum Gasteiger partial charge on any atom is 0.292 e. The average molecular weight is 264 g/mol. The molecule has 0 atom stereocenters. The Labute approximate surface area is 109 Å². The van der Waals surface area contributed by atoms with E-state index in [4.69, 9.17) is 16.3 Å². The fraction of sp³-hybridized carbons (Fsp3) is 0.0769. The third-order valence-electron chi connectivity index (χ3n) is 2.35. The van der Waals surface area contributed by atoms with Crippen LogP contribution in [0.1, 0.15) is 6.42 Å². The molecule has 0 aliphatic heterocycles. The van der Waals surface area contributed by atoms with Crippen molar-refractivity contribution < 1.29 is 9.66 Å². The van der Waals surface area contributed by atoms with Gasteiger partial charge in [-0.15, -0.1) is 0 Å². The lowest BCUT2D eigenvalue weighted by molar-refractivity contribution is -0.429. The molecular weight excluding hydrogens is 254 g/mol. The highest BCUT2D eigenvalue weighted by molar-refractivity contribution is 6.30. The molecule has 0 fully saturated rings. The molecule has 0 heterocycles. The predicted molar refractivity (Wildman–Crippen MR) is 69.0 cm³/mol. The van der Waals surface area contributed by atoms with Crippen molar-refractivity contribution in [3.8, 4) is 5.75 Å². The van der Waals surface area contributed by atoms with Gasteiger partial charge in [-0.05, 0) is 30.3 Å². The zero-order valence-corrected chi connectivity index (χ0v) is 10.1. The fourth-order valence-electron chi connectivity index (χ4n) is 1.49. The highest BCUT2D eigenvalue weighted by Crippen LogP contribution is 2.22. The van der Waals surface area contributed by atoms with Crippen LogP contribution in [0.3, 0.4) is 0 Å². The van der Waals surface area contributed by atoms with Crippen LogP contribution in [-0.4, -0.2) is 4.92 Å². The molecule has 0 saturated carbocycles. The van der Waals surface area contributed by atoms with Crippen LogP contribution in [0.15, 0.2) is 60.0 Å². The first-order valence-corrected chi connectivity index (χ1v) is 5.69. The molecule has 92 valence electrons. The molecular formula is C13H10ClNO3. The van der Waals surface area contributed by atoms with Gasteiger partial charge >= 0.3 is 0 Å². The highest BCUT2D eigenvalue weighted by atomic mass is 35.5. The molecule has 0 unspecified atom stereocenters. The summed E-state index contributed by atoms with van der Waals surface area (Å²) >= 11 is 5.76. The Morgan fingerprint density at radius 2 is 1.94 bits per heavy atom. The summed E-state index contributed by atoms with van der Waals surface area (Å²) in [5.41, 5.74) is 0.0370. The zero-order valence-electron chi connectivity index (χ0n) is 9.38. The molecule has 5 heteroatoms. The van der Waals surface area contributed by atoms with Crippen molar-refractivity contribution in [3.63, 3.8) is 0 Å². The van der Waals surface area contributed by atoms with Crippen molar-refractivity contribution in [2.45, 2.75) is 6.42 Å². The monoisotopic (exact) mass is 263 g/mol. The Balaban J connectivity index is 2.29. The van der Waals surface area contributed by atoms with E-state index in [0.29, 0.717) is 10.8 Å². The third-order valence-corrected chi connectivity index (χ3v) is 2.60. The first kappa shape index (κ1) is 12.4. The quantitative estimate of drug-likeness (QED) is 0.617. The Hall–Kier alpha value is -2.07. The summed E-state index contributed by atoms with van der Waals surface area (Å²) in [6.45, 7) is 0. The molecule has 0 bridgehead atoms. The van der Waals surface area contributed by atoms with Gasteiger partial charge < -0.3 is 4.74 Å². The second kappa shape index (κ2) is 5.51. The van der Waals surface area contributed by atoms with Gasteiger partial charge in [-0.2, -0.15) is 0 Å². The topological polar surface area (TPSA) is 52.4 Å². The van der Waals surface area contributed by atoms with Gasteiger partial charge in [0.2, 0.25) is 5.76 Å². The number of nitrogens with zero attached hydrogens (tertiary/aromatic N) is 1. The van der Waals surface area contributed by atoms with Crippen LogP contribution in [0.5, 0.6) is 5.75 Å². The van der Waals surface area contributed by atoms with E-state index in [-0.39, 0.29) is 17.9 Å². The van der Waals surface area contributed by atoms with Crippen LogP contribution in [0.2, 0.25) is 5.02 Å². The Morgan fingerprint density at radius 3 is 2.61 bits per heavy atom. The maximum absolute atomic E-state index is 10.9. The van der Waals surface area contributed by atoms with Gasteiger partial charge in [0.15, 0.2) is 0 Å². The Bertz CT molecular complexity index is 544. The fourth-order valence-corrected chi connectivity index (χ4v) is 1.61. The average Bonchev–Trinajstić information content (AvgIpc) is 2.57. The van der Waals surface area contributed by atoms with Crippen LogP contribution in [0.4, 0.5) is 0 Å². The van der Waals surface area contributed by atoms with Crippen LogP contribution in [0.25, 0.3) is 0 Å². The van der Waals surface area contributed by atoms with Crippen molar-refractivity contribution in [2.75, 3.05) is 0 Å². The molecule has 1 aromatic carbocycles. The first-order chi connectivity index (χ1) is 8.66. The molecule has 1 aromatic rings. The summed E-state index contributed by atoms with van der Waals surface area (Å²) in [7, 11) is 0. The minimum atomic E-state index is -0.425. The maximum atomic E-state index is 10.9. The highest BCUT2D eigenvalue weighted by Gasteiger charge is 2.18. The second-order valence-corrected chi connectivity index (χ2v) is 4.05. The lowest BCUT2D eigenvalue weighted by Gasteiger charge is -2.06. The van der Waals surface area contributed by atoms with E-state index in [1.54, 1.807) is 48.6 Å². The predicted octanol–water partition coefficient (Wildman–Crippen LogP) is 3.72. The molecule has 1 aliphatic carbocycles. The van der Waals surface area contributed by atoms with E-state index in [0.717, 1.165) is 0 Å². The zero-order chi connectivity index (χ0) is 13.0. The number of ether oxygens (including phenoxy) is 1. The van der Waals surface area contributed by atoms with E-state index in [1.165, 1.54) is 0 Å². The van der Waals surface area contributed by atoms with Gasteiger partial charge in [-0.3, -0.25) is 10.1 Å². The summed E-state index contributed by atoms with van der Waals surface area (Å²) in [5, 5.41) is 11.5. The van der Waals surface area contributed by atoms with Crippen molar-refractivity contribution in [2.24, 2.45) is 0 Å². The smallest absolute Gasteiger partial charge is 0.292 e. The molecule has 0 amide bonds. The van der Waals surface area contributed by atoms with E-state index in [2.05, 4.69) is 0 Å². The lowest BCUT2D eigenvalue weighted by Crippen LogP contribution is -2.05. The summed E-state index contributed by atoms with van der Waals surface area (Å²) in [6.07, 6.45) is 7.00. The van der Waals surface area contributed by atoms with Gasteiger partial charge in [-0.25, -0.2) is 0 Å². The van der Waals surface area contributed by atoms with Crippen molar-refractivity contribution in [1.29, 1.82) is 0 Å². The Kier molecular flexibility index (Phi) is 3.79. The van der Waals surface area contributed by atoms with Gasteiger partial charge in [0.1, 0.15) is 5.75 Å². The molecule has 0 spiro atoms. The lowest BCUT2D eigenvalue weighted by atomic mass is 10.3.